The largest absolute Gasteiger partial charge is 0.466 e. The average molecular weight is 509 g/mol. The summed E-state index contributed by atoms with van der Waals surface area (Å²) in [6.45, 7) is 3.24. The van der Waals surface area contributed by atoms with Crippen LogP contribution in [0.4, 0.5) is 5.69 Å². The van der Waals surface area contributed by atoms with Crippen LogP contribution in [-0.4, -0.2) is 44.2 Å². The fourth-order valence-corrected chi connectivity index (χ4v) is 4.17. The number of carbonyl (C=O) groups excluding carboxylic acids is 4. The third-order valence-corrected chi connectivity index (χ3v) is 5.45. The number of methoxy groups -OCH3 is 1. The fraction of sp³-hybridized carbons (Fsp3) is 0.333. The van der Waals surface area contributed by atoms with Crippen LogP contribution in [0.25, 0.3) is 0 Å². The molecular formula is C21H21BrN2O8. The first-order valence-corrected chi connectivity index (χ1v) is 10.5. The van der Waals surface area contributed by atoms with Crippen molar-refractivity contribution in [3.05, 3.63) is 51.0 Å². The topological polar surface area (TPSA) is 143 Å². The Labute approximate surface area is 191 Å². The van der Waals surface area contributed by atoms with Gasteiger partial charge in [0.2, 0.25) is 0 Å². The van der Waals surface area contributed by atoms with E-state index in [0.717, 1.165) is 7.11 Å². The van der Waals surface area contributed by atoms with E-state index in [9.17, 15) is 19.2 Å². The smallest absolute Gasteiger partial charge is 0.339 e. The van der Waals surface area contributed by atoms with Gasteiger partial charge in [-0.05, 0) is 32.0 Å². The van der Waals surface area contributed by atoms with Crippen molar-refractivity contribution in [1.82, 2.24) is 0 Å². The Hall–Kier alpha value is -3.34. The zero-order valence-electron chi connectivity index (χ0n) is 17.6. The molecule has 1 spiro atoms. The summed E-state index contributed by atoms with van der Waals surface area (Å²) in [6, 6.07) is 4.84. The maximum Gasteiger partial charge on any atom is 0.339 e. The van der Waals surface area contributed by atoms with Gasteiger partial charge in [0.15, 0.2) is 5.41 Å². The van der Waals surface area contributed by atoms with E-state index in [1.54, 1.807) is 32.0 Å². The van der Waals surface area contributed by atoms with E-state index in [4.69, 9.17) is 24.7 Å². The van der Waals surface area contributed by atoms with Gasteiger partial charge in [0.05, 0.1) is 20.3 Å². The highest BCUT2D eigenvalue weighted by atomic mass is 79.9. The lowest BCUT2D eigenvalue weighted by atomic mass is 9.66. The lowest BCUT2D eigenvalue weighted by Crippen LogP contribution is -2.47. The Morgan fingerprint density at radius 3 is 2.44 bits per heavy atom. The number of carbonyl (C=O) groups is 4. The molecule has 0 aliphatic carbocycles. The Morgan fingerprint density at radius 2 is 1.81 bits per heavy atom. The maximum atomic E-state index is 13.5. The second-order valence-electron chi connectivity index (χ2n) is 6.74. The maximum absolute atomic E-state index is 13.5. The van der Waals surface area contributed by atoms with Gasteiger partial charge >= 0.3 is 23.9 Å². The van der Waals surface area contributed by atoms with Crippen molar-refractivity contribution in [3.63, 3.8) is 0 Å². The zero-order valence-corrected chi connectivity index (χ0v) is 19.2. The molecule has 0 saturated heterocycles. The molecule has 11 heteroatoms. The van der Waals surface area contributed by atoms with Crippen molar-refractivity contribution in [2.75, 3.05) is 25.6 Å². The minimum atomic E-state index is -2.12. The summed E-state index contributed by atoms with van der Waals surface area (Å²) in [5, 5.41) is 2.85. The van der Waals surface area contributed by atoms with Gasteiger partial charge in [0, 0.05) is 15.7 Å². The average Bonchev–Trinajstić information content (AvgIpc) is 3.00. The van der Waals surface area contributed by atoms with Crippen LogP contribution in [0.3, 0.4) is 0 Å². The van der Waals surface area contributed by atoms with Gasteiger partial charge < -0.3 is 30.0 Å². The number of benzene rings is 1. The molecule has 2 heterocycles. The molecule has 0 fully saturated rings. The van der Waals surface area contributed by atoms with Gasteiger partial charge in [0.25, 0.3) is 0 Å². The standard InChI is InChI=1S/C21H21BrN2O8/c1-4-30-14(25)9-13-15(19(27)31-5-2)21(20(28)32-13)11-8-10(22)6-7-12(11)24-17(23)16(21)18(26)29-3/h6-8,24H,4-5,9,23H2,1-3H3/t21-/m0/s1. The molecule has 1 aromatic carbocycles. The number of anilines is 1. The highest BCUT2D eigenvalue weighted by Gasteiger charge is 2.63. The molecule has 0 unspecified atom stereocenters. The number of fused-ring (bicyclic) bond motifs is 2. The summed E-state index contributed by atoms with van der Waals surface area (Å²) in [7, 11) is 1.11. The molecule has 2 aliphatic heterocycles. The minimum Gasteiger partial charge on any atom is -0.466 e. The predicted octanol–water partition coefficient (Wildman–Crippen LogP) is 1.78. The number of rotatable bonds is 6. The van der Waals surface area contributed by atoms with Crippen LogP contribution in [0.1, 0.15) is 25.8 Å². The fourth-order valence-electron chi connectivity index (χ4n) is 3.81. The quantitative estimate of drug-likeness (QED) is 0.430. The van der Waals surface area contributed by atoms with Crippen molar-refractivity contribution in [3.8, 4) is 0 Å². The van der Waals surface area contributed by atoms with Gasteiger partial charge in [-0.2, -0.15) is 0 Å². The molecule has 32 heavy (non-hydrogen) atoms. The minimum absolute atomic E-state index is 0.0321. The lowest BCUT2D eigenvalue weighted by Gasteiger charge is -2.35. The van der Waals surface area contributed by atoms with Crippen LogP contribution in [0, 0.1) is 0 Å². The van der Waals surface area contributed by atoms with Crippen molar-refractivity contribution in [1.29, 1.82) is 0 Å². The molecule has 0 aromatic heterocycles. The predicted molar refractivity (Wildman–Crippen MR) is 114 cm³/mol. The molecule has 1 atom stereocenters. The van der Waals surface area contributed by atoms with Crippen LogP contribution in [0.15, 0.2) is 45.4 Å². The molecule has 0 radical (unpaired) electrons. The normalized spacial score (nSPS) is 19.3. The van der Waals surface area contributed by atoms with E-state index in [1.165, 1.54) is 0 Å². The van der Waals surface area contributed by atoms with Crippen molar-refractivity contribution in [2.45, 2.75) is 25.7 Å². The zero-order chi connectivity index (χ0) is 23.6. The Balaban J connectivity index is 2.41. The third-order valence-electron chi connectivity index (χ3n) is 4.95. The SMILES string of the molecule is CCOC(=O)CC1=C(C(=O)OCC)[C@]2(C(=O)O1)C(C(=O)OC)=C(N)Nc1ccc(Br)cc12. The van der Waals surface area contributed by atoms with Crippen LogP contribution in [-0.2, 0) is 43.5 Å². The molecular weight excluding hydrogens is 488 g/mol. The third kappa shape index (κ3) is 3.62. The van der Waals surface area contributed by atoms with Crippen LogP contribution < -0.4 is 11.1 Å². The van der Waals surface area contributed by atoms with E-state index in [-0.39, 0.29) is 41.5 Å². The number of hydrogen-bond acceptors (Lipinski definition) is 10. The molecule has 0 saturated carbocycles. The Morgan fingerprint density at radius 1 is 1.12 bits per heavy atom. The van der Waals surface area contributed by atoms with Gasteiger partial charge in [0.1, 0.15) is 29.1 Å². The second kappa shape index (κ2) is 9.03. The van der Waals surface area contributed by atoms with Gasteiger partial charge in [-0.25, -0.2) is 14.4 Å². The Bertz CT molecular complexity index is 1080. The molecule has 3 N–H and O–H groups in total. The second-order valence-corrected chi connectivity index (χ2v) is 7.65. The summed E-state index contributed by atoms with van der Waals surface area (Å²) >= 11 is 3.34. The summed E-state index contributed by atoms with van der Waals surface area (Å²) < 4.78 is 21.0. The number of esters is 4. The first-order chi connectivity index (χ1) is 15.2. The van der Waals surface area contributed by atoms with Crippen LogP contribution in [0.5, 0.6) is 0 Å². The van der Waals surface area contributed by atoms with Gasteiger partial charge in [-0.3, -0.25) is 4.79 Å². The summed E-state index contributed by atoms with van der Waals surface area (Å²) in [5.41, 5.74) is 3.90. The van der Waals surface area contributed by atoms with Crippen molar-refractivity contribution in [2.24, 2.45) is 5.73 Å². The number of hydrogen-bond donors (Lipinski definition) is 2. The number of nitrogens with one attached hydrogen (secondary N) is 1. The number of nitrogens with two attached hydrogens (primary N) is 1. The number of cyclic esters (lactones) is 1. The van der Waals surface area contributed by atoms with E-state index in [0.29, 0.717) is 10.2 Å². The van der Waals surface area contributed by atoms with E-state index in [1.807, 2.05) is 0 Å². The molecule has 3 rings (SSSR count). The molecule has 170 valence electrons. The lowest BCUT2D eigenvalue weighted by molar-refractivity contribution is -0.147. The molecule has 10 nitrogen and oxygen atoms in total. The van der Waals surface area contributed by atoms with Crippen LogP contribution >= 0.6 is 15.9 Å². The number of ether oxygens (including phenoxy) is 4. The van der Waals surface area contributed by atoms with Gasteiger partial charge in [-0.1, -0.05) is 15.9 Å². The van der Waals surface area contributed by atoms with Crippen LogP contribution in [0.2, 0.25) is 0 Å². The molecule has 2 aliphatic rings. The Kier molecular flexibility index (Phi) is 6.58. The molecule has 0 bridgehead atoms. The first kappa shape index (κ1) is 23.3. The summed E-state index contributed by atoms with van der Waals surface area (Å²) in [6.07, 6.45) is -0.527. The van der Waals surface area contributed by atoms with E-state index in [2.05, 4.69) is 21.2 Å². The number of halogens is 1. The van der Waals surface area contributed by atoms with E-state index < -0.39 is 35.7 Å². The van der Waals surface area contributed by atoms with Crippen molar-refractivity contribution < 1.29 is 38.1 Å². The van der Waals surface area contributed by atoms with Gasteiger partial charge in [-0.15, -0.1) is 0 Å². The van der Waals surface area contributed by atoms with Crippen molar-refractivity contribution >= 4 is 45.5 Å². The highest BCUT2D eigenvalue weighted by molar-refractivity contribution is 9.10. The summed E-state index contributed by atoms with van der Waals surface area (Å²) in [5.74, 6) is -4.12. The van der Waals surface area contributed by atoms with E-state index >= 15 is 0 Å². The first-order valence-electron chi connectivity index (χ1n) is 9.66. The highest BCUT2D eigenvalue weighted by Crippen LogP contribution is 2.53. The molecule has 0 amide bonds. The summed E-state index contributed by atoms with van der Waals surface area (Å²) in [4.78, 5) is 51.7. The monoisotopic (exact) mass is 508 g/mol. The molecule has 1 aromatic rings.